The molecule has 7 heteroatoms. The second-order valence-electron chi connectivity index (χ2n) is 7.28. The van der Waals surface area contributed by atoms with Crippen molar-refractivity contribution in [1.82, 2.24) is 9.62 Å². The van der Waals surface area contributed by atoms with Crippen molar-refractivity contribution in [2.24, 2.45) is 0 Å². The van der Waals surface area contributed by atoms with Gasteiger partial charge >= 0.3 is 0 Å². The minimum Gasteiger partial charge on any atom is -0.371 e. The summed E-state index contributed by atoms with van der Waals surface area (Å²) in [4.78, 5) is 2.31. The second kappa shape index (κ2) is 7.67. The SMILES string of the molecule is O=S(=O)(Cc1ccc(F)cc1)N[C@H]1C[C@H]2CO[C@@H](c3ccccc3)CN2C1. The number of ether oxygens (including phenoxy) is 1. The molecule has 2 aliphatic rings. The fourth-order valence-corrected chi connectivity index (χ4v) is 5.32. The van der Waals surface area contributed by atoms with Crippen molar-refractivity contribution in [2.75, 3.05) is 19.7 Å². The van der Waals surface area contributed by atoms with E-state index in [0.717, 1.165) is 18.5 Å². The minimum atomic E-state index is -3.48. The average molecular weight is 390 g/mol. The summed E-state index contributed by atoms with van der Waals surface area (Å²) in [6.07, 6.45) is 0.765. The van der Waals surface area contributed by atoms with E-state index in [1.807, 2.05) is 18.2 Å². The lowest BCUT2D eigenvalue weighted by atomic mass is 10.1. The molecule has 144 valence electrons. The topological polar surface area (TPSA) is 58.6 Å². The summed E-state index contributed by atoms with van der Waals surface area (Å²) in [6, 6.07) is 15.8. The summed E-state index contributed by atoms with van der Waals surface area (Å²) < 4.78 is 46.8. The largest absolute Gasteiger partial charge is 0.371 e. The van der Waals surface area contributed by atoms with Gasteiger partial charge in [0.2, 0.25) is 10.0 Å². The number of hydrogen-bond donors (Lipinski definition) is 1. The first kappa shape index (κ1) is 18.6. The predicted molar refractivity (Wildman–Crippen MR) is 101 cm³/mol. The Labute approximate surface area is 159 Å². The highest BCUT2D eigenvalue weighted by atomic mass is 32.2. The number of morpholine rings is 1. The molecule has 5 nitrogen and oxygen atoms in total. The summed E-state index contributed by atoms with van der Waals surface area (Å²) in [5.41, 5.74) is 1.73. The van der Waals surface area contributed by atoms with Crippen molar-refractivity contribution in [3.8, 4) is 0 Å². The molecule has 27 heavy (non-hydrogen) atoms. The van der Waals surface area contributed by atoms with Gasteiger partial charge in [0.05, 0.1) is 18.5 Å². The van der Waals surface area contributed by atoms with Crippen LogP contribution in [0.4, 0.5) is 4.39 Å². The monoisotopic (exact) mass is 390 g/mol. The molecule has 2 aliphatic heterocycles. The van der Waals surface area contributed by atoms with E-state index in [1.54, 1.807) is 0 Å². The lowest BCUT2D eigenvalue weighted by molar-refractivity contribution is -0.0502. The predicted octanol–water partition coefficient (Wildman–Crippen LogP) is 2.46. The smallest absolute Gasteiger partial charge is 0.216 e. The molecular weight excluding hydrogens is 367 g/mol. The Morgan fingerprint density at radius 3 is 2.56 bits per heavy atom. The third kappa shape index (κ3) is 4.55. The van der Waals surface area contributed by atoms with Crippen LogP contribution in [-0.4, -0.2) is 45.1 Å². The maximum absolute atomic E-state index is 13.0. The molecule has 4 rings (SSSR count). The molecule has 0 bridgehead atoms. The van der Waals surface area contributed by atoms with Gasteiger partial charge in [-0.05, 0) is 29.7 Å². The van der Waals surface area contributed by atoms with Gasteiger partial charge in [0.15, 0.2) is 0 Å². The van der Waals surface area contributed by atoms with Crippen LogP contribution in [0.1, 0.15) is 23.7 Å². The highest BCUT2D eigenvalue weighted by Crippen LogP contribution is 2.30. The lowest BCUT2D eigenvalue weighted by Gasteiger charge is -2.35. The molecule has 0 spiro atoms. The molecule has 0 saturated carbocycles. The van der Waals surface area contributed by atoms with Gasteiger partial charge in [0.25, 0.3) is 0 Å². The van der Waals surface area contributed by atoms with Crippen LogP contribution in [0.2, 0.25) is 0 Å². The molecule has 3 atom stereocenters. The van der Waals surface area contributed by atoms with E-state index in [9.17, 15) is 12.8 Å². The molecule has 2 fully saturated rings. The number of fused-ring (bicyclic) bond motifs is 1. The van der Waals surface area contributed by atoms with Crippen LogP contribution in [0.5, 0.6) is 0 Å². The second-order valence-corrected chi connectivity index (χ2v) is 9.03. The van der Waals surface area contributed by atoms with Crippen LogP contribution in [0.3, 0.4) is 0 Å². The van der Waals surface area contributed by atoms with Crippen molar-refractivity contribution >= 4 is 10.0 Å². The van der Waals surface area contributed by atoms with Crippen LogP contribution >= 0.6 is 0 Å². The van der Waals surface area contributed by atoms with Crippen molar-refractivity contribution in [2.45, 2.75) is 30.4 Å². The number of benzene rings is 2. The van der Waals surface area contributed by atoms with Crippen molar-refractivity contribution in [3.63, 3.8) is 0 Å². The Kier molecular flexibility index (Phi) is 5.27. The lowest BCUT2D eigenvalue weighted by Crippen LogP contribution is -2.43. The molecular formula is C20H23FN2O3S. The fraction of sp³-hybridized carbons (Fsp3) is 0.400. The standard InChI is InChI=1S/C20H23FN2O3S/c21-17-8-6-15(7-9-17)14-27(24,25)22-18-10-19-13-26-20(12-23(19)11-18)16-4-2-1-3-5-16/h1-9,18-20,22H,10-14H2/t18-,19-,20+/m0/s1. The first-order chi connectivity index (χ1) is 13.0. The van der Waals surface area contributed by atoms with Gasteiger partial charge in [0, 0.05) is 25.2 Å². The van der Waals surface area contributed by atoms with E-state index >= 15 is 0 Å². The molecule has 2 aromatic carbocycles. The summed E-state index contributed by atoms with van der Waals surface area (Å²) in [5.74, 6) is -0.512. The van der Waals surface area contributed by atoms with Crippen LogP contribution < -0.4 is 4.72 Å². The van der Waals surface area contributed by atoms with E-state index in [-0.39, 0.29) is 29.8 Å². The molecule has 0 unspecified atom stereocenters. The summed E-state index contributed by atoms with van der Waals surface area (Å²) >= 11 is 0. The average Bonchev–Trinajstić information content (AvgIpc) is 3.04. The molecule has 0 aromatic heterocycles. The Morgan fingerprint density at radius 2 is 1.81 bits per heavy atom. The number of nitrogens with one attached hydrogen (secondary N) is 1. The number of nitrogens with zero attached hydrogens (tertiary/aromatic N) is 1. The summed E-state index contributed by atoms with van der Waals surface area (Å²) in [5, 5.41) is 0. The maximum Gasteiger partial charge on any atom is 0.216 e. The zero-order chi connectivity index (χ0) is 18.9. The fourth-order valence-electron chi connectivity index (χ4n) is 3.92. The van der Waals surface area contributed by atoms with E-state index in [4.69, 9.17) is 4.74 Å². The Hall–Kier alpha value is -1.80. The first-order valence-electron chi connectivity index (χ1n) is 9.13. The van der Waals surface area contributed by atoms with Crippen molar-refractivity contribution < 1.29 is 17.5 Å². The van der Waals surface area contributed by atoms with E-state index in [0.29, 0.717) is 18.7 Å². The molecule has 0 radical (unpaired) electrons. The summed E-state index contributed by atoms with van der Waals surface area (Å²) in [7, 11) is -3.48. The number of rotatable bonds is 5. The zero-order valence-corrected chi connectivity index (χ0v) is 15.7. The maximum atomic E-state index is 13.0. The molecule has 0 amide bonds. The number of halogens is 1. The van der Waals surface area contributed by atoms with Gasteiger partial charge in [-0.25, -0.2) is 17.5 Å². The van der Waals surface area contributed by atoms with Gasteiger partial charge < -0.3 is 4.74 Å². The zero-order valence-electron chi connectivity index (χ0n) is 14.9. The number of sulfonamides is 1. The van der Waals surface area contributed by atoms with Crippen LogP contribution in [-0.2, 0) is 20.5 Å². The highest BCUT2D eigenvalue weighted by Gasteiger charge is 2.39. The van der Waals surface area contributed by atoms with Crippen LogP contribution in [0, 0.1) is 5.82 Å². The van der Waals surface area contributed by atoms with E-state index in [2.05, 4.69) is 21.8 Å². The summed E-state index contributed by atoms with van der Waals surface area (Å²) in [6.45, 7) is 2.06. The van der Waals surface area contributed by atoms with Crippen molar-refractivity contribution in [3.05, 3.63) is 71.5 Å². The van der Waals surface area contributed by atoms with Crippen LogP contribution in [0.15, 0.2) is 54.6 Å². The van der Waals surface area contributed by atoms with Crippen molar-refractivity contribution in [1.29, 1.82) is 0 Å². The molecule has 0 aliphatic carbocycles. The Balaban J connectivity index is 1.36. The molecule has 2 saturated heterocycles. The minimum absolute atomic E-state index is 0.0250. The van der Waals surface area contributed by atoms with Crippen LogP contribution in [0.25, 0.3) is 0 Å². The Morgan fingerprint density at radius 1 is 1.07 bits per heavy atom. The molecule has 1 N–H and O–H groups in total. The van der Waals surface area contributed by atoms with Gasteiger partial charge in [-0.15, -0.1) is 0 Å². The van der Waals surface area contributed by atoms with Gasteiger partial charge in [-0.2, -0.15) is 0 Å². The van der Waals surface area contributed by atoms with E-state index < -0.39 is 10.0 Å². The number of hydrogen-bond acceptors (Lipinski definition) is 4. The third-order valence-corrected chi connectivity index (χ3v) is 6.61. The quantitative estimate of drug-likeness (QED) is 0.852. The molecule has 2 aromatic rings. The van der Waals surface area contributed by atoms with E-state index in [1.165, 1.54) is 24.3 Å². The van der Waals surface area contributed by atoms with Gasteiger partial charge in [0.1, 0.15) is 5.82 Å². The first-order valence-corrected chi connectivity index (χ1v) is 10.8. The normalized spacial score (nSPS) is 26.0. The molecule has 2 heterocycles. The Bertz CT molecular complexity index is 874. The van der Waals surface area contributed by atoms with Gasteiger partial charge in [-0.3, -0.25) is 4.90 Å². The highest BCUT2D eigenvalue weighted by molar-refractivity contribution is 7.88. The third-order valence-electron chi connectivity index (χ3n) is 5.21. The van der Waals surface area contributed by atoms with Gasteiger partial charge in [-0.1, -0.05) is 42.5 Å².